The van der Waals surface area contributed by atoms with E-state index in [0.29, 0.717) is 13.1 Å². The van der Waals surface area contributed by atoms with Crippen LogP contribution in [0.1, 0.15) is 5.56 Å². The number of anilines is 1. The fraction of sp³-hybridized carbons (Fsp3) is 0.545. The minimum absolute atomic E-state index is 0.216. The van der Waals surface area contributed by atoms with Gasteiger partial charge >= 0.3 is 6.18 Å². The number of halogens is 3. The number of alkyl halides is 3. The zero-order valence-electron chi connectivity index (χ0n) is 10.8. The smallest absolute Gasteiger partial charge is 0.354 e. The molecule has 0 N–H and O–H groups in total. The Morgan fingerprint density at radius 2 is 1.80 bits per heavy atom. The molecular formula is C11H14F3N3O2S. The third-order valence-electron chi connectivity index (χ3n) is 3.10. The second-order valence-corrected chi connectivity index (χ2v) is 6.53. The van der Waals surface area contributed by atoms with Gasteiger partial charge in [0.05, 0.1) is 11.8 Å². The molecule has 1 saturated heterocycles. The highest BCUT2D eigenvalue weighted by Gasteiger charge is 2.32. The van der Waals surface area contributed by atoms with Crippen molar-refractivity contribution in [3.63, 3.8) is 0 Å². The molecule has 0 bridgehead atoms. The lowest BCUT2D eigenvalue weighted by Crippen LogP contribution is -2.48. The molecule has 9 heteroatoms. The Hall–Kier alpha value is -1.35. The lowest BCUT2D eigenvalue weighted by atomic mass is 10.2. The number of nitrogens with zero attached hydrogens (tertiary/aromatic N) is 3. The highest BCUT2D eigenvalue weighted by Crippen LogP contribution is 2.30. The first kappa shape index (κ1) is 15.0. The van der Waals surface area contributed by atoms with Crippen LogP contribution in [0.3, 0.4) is 0 Å². The van der Waals surface area contributed by atoms with E-state index in [2.05, 4.69) is 4.98 Å². The molecule has 1 fully saturated rings. The summed E-state index contributed by atoms with van der Waals surface area (Å²) >= 11 is 0. The van der Waals surface area contributed by atoms with E-state index in [1.807, 2.05) is 0 Å². The summed E-state index contributed by atoms with van der Waals surface area (Å²) in [6.07, 6.45) is -2.18. The van der Waals surface area contributed by atoms with Gasteiger partial charge in [-0.15, -0.1) is 0 Å². The number of hydrogen-bond acceptors (Lipinski definition) is 4. The SMILES string of the molecule is CS(=O)(=O)N1CCN(c2cc(C(F)(F)F)ccn2)CC1. The summed E-state index contributed by atoms with van der Waals surface area (Å²) in [5.74, 6) is 0.216. The van der Waals surface area contributed by atoms with Crippen LogP contribution in [0.25, 0.3) is 0 Å². The molecule has 1 aromatic heterocycles. The van der Waals surface area contributed by atoms with Gasteiger partial charge in [0.25, 0.3) is 0 Å². The monoisotopic (exact) mass is 309 g/mol. The lowest BCUT2D eigenvalue weighted by molar-refractivity contribution is -0.137. The van der Waals surface area contributed by atoms with Gasteiger partial charge in [0.2, 0.25) is 10.0 Å². The van der Waals surface area contributed by atoms with Crippen molar-refractivity contribution >= 4 is 15.8 Å². The van der Waals surface area contributed by atoms with E-state index in [-0.39, 0.29) is 18.9 Å². The maximum absolute atomic E-state index is 12.6. The first-order chi connectivity index (χ1) is 9.18. The van der Waals surface area contributed by atoms with Crippen molar-refractivity contribution in [2.45, 2.75) is 6.18 Å². The maximum Gasteiger partial charge on any atom is 0.416 e. The van der Waals surface area contributed by atoms with Gasteiger partial charge in [0.1, 0.15) is 5.82 Å². The Morgan fingerprint density at radius 1 is 1.20 bits per heavy atom. The van der Waals surface area contributed by atoms with Crippen LogP contribution in [0.5, 0.6) is 0 Å². The predicted octanol–water partition coefficient (Wildman–Crippen LogP) is 1.18. The average molecular weight is 309 g/mol. The topological polar surface area (TPSA) is 53.5 Å². The molecular weight excluding hydrogens is 295 g/mol. The summed E-state index contributed by atoms with van der Waals surface area (Å²) < 4.78 is 61.9. The third-order valence-corrected chi connectivity index (χ3v) is 4.41. The molecule has 0 aromatic carbocycles. The minimum Gasteiger partial charge on any atom is -0.354 e. The molecule has 0 saturated carbocycles. The van der Waals surface area contributed by atoms with E-state index in [0.717, 1.165) is 24.6 Å². The molecule has 0 unspecified atom stereocenters. The van der Waals surface area contributed by atoms with Crippen LogP contribution in [0.2, 0.25) is 0 Å². The van der Waals surface area contributed by atoms with Crippen LogP contribution in [0, 0.1) is 0 Å². The standard InChI is InChI=1S/C11H14F3N3O2S/c1-20(18,19)17-6-4-16(5-7-17)10-8-9(2-3-15-10)11(12,13)14/h2-3,8H,4-7H2,1H3. The Bertz CT molecular complexity index is 581. The van der Waals surface area contributed by atoms with Crippen molar-refractivity contribution in [3.8, 4) is 0 Å². The molecule has 2 rings (SSSR count). The lowest BCUT2D eigenvalue weighted by Gasteiger charge is -2.34. The average Bonchev–Trinajstić information content (AvgIpc) is 2.37. The molecule has 5 nitrogen and oxygen atoms in total. The van der Waals surface area contributed by atoms with E-state index in [1.165, 1.54) is 4.31 Å². The number of pyridine rings is 1. The summed E-state index contributed by atoms with van der Waals surface area (Å²) in [6.45, 7) is 1.14. The van der Waals surface area contributed by atoms with Crippen LogP contribution in [0.15, 0.2) is 18.3 Å². The number of aromatic nitrogens is 1. The van der Waals surface area contributed by atoms with Crippen LogP contribution in [-0.2, 0) is 16.2 Å². The van der Waals surface area contributed by atoms with Crippen molar-refractivity contribution in [3.05, 3.63) is 23.9 Å². The summed E-state index contributed by atoms with van der Waals surface area (Å²) in [4.78, 5) is 5.57. The molecule has 0 spiro atoms. The van der Waals surface area contributed by atoms with E-state index < -0.39 is 21.8 Å². The molecule has 0 amide bonds. The molecule has 1 aromatic rings. The molecule has 1 aliphatic rings. The summed E-state index contributed by atoms with van der Waals surface area (Å²) in [5, 5.41) is 0. The van der Waals surface area contributed by atoms with Gasteiger partial charge in [-0.3, -0.25) is 0 Å². The molecule has 0 aliphatic carbocycles. The summed E-state index contributed by atoms with van der Waals surface area (Å²) in [6, 6.07) is 1.90. The quantitative estimate of drug-likeness (QED) is 0.823. The van der Waals surface area contributed by atoms with Crippen molar-refractivity contribution in [1.82, 2.24) is 9.29 Å². The van der Waals surface area contributed by atoms with Crippen molar-refractivity contribution in [2.75, 3.05) is 37.3 Å². The zero-order valence-corrected chi connectivity index (χ0v) is 11.6. The second-order valence-electron chi connectivity index (χ2n) is 4.55. The van der Waals surface area contributed by atoms with Crippen LogP contribution in [0.4, 0.5) is 19.0 Å². The van der Waals surface area contributed by atoms with E-state index >= 15 is 0 Å². The number of hydrogen-bond donors (Lipinski definition) is 0. The van der Waals surface area contributed by atoms with E-state index in [1.54, 1.807) is 4.90 Å². The fourth-order valence-corrected chi connectivity index (χ4v) is 2.84. The van der Waals surface area contributed by atoms with Crippen LogP contribution in [-0.4, -0.2) is 50.1 Å². The predicted molar refractivity (Wildman–Crippen MR) is 67.9 cm³/mol. The van der Waals surface area contributed by atoms with Crippen LogP contribution >= 0.6 is 0 Å². The molecule has 0 atom stereocenters. The highest BCUT2D eigenvalue weighted by molar-refractivity contribution is 7.88. The normalized spacial score (nSPS) is 18.3. The fourth-order valence-electron chi connectivity index (χ4n) is 2.02. The molecule has 112 valence electrons. The van der Waals surface area contributed by atoms with Gasteiger partial charge in [0.15, 0.2) is 0 Å². The van der Waals surface area contributed by atoms with Crippen molar-refractivity contribution in [2.24, 2.45) is 0 Å². The molecule has 2 heterocycles. The van der Waals surface area contributed by atoms with Gasteiger partial charge in [-0.2, -0.15) is 17.5 Å². The first-order valence-electron chi connectivity index (χ1n) is 5.91. The molecule has 0 radical (unpaired) electrons. The molecule has 1 aliphatic heterocycles. The van der Waals surface area contributed by atoms with E-state index in [9.17, 15) is 21.6 Å². The molecule has 20 heavy (non-hydrogen) atoms. The van der Waals surface area contributed by atoms with Crippen molar-refractivity contribution in [1.29, 1.82) is 0 Å². The van der Waals surface area contributed by atoms with Crippen LogP contribution < -0.4 is 4.90 Å². The summed E-state index contributed by atoms with van der Waals surface area (Å²) in [5.41, 5.74) is -0.756. The minimum atomic E-state index is -4.41. The Kier molecular flexibility index (Phi) is 3.92. The first-order valence-corrected chi connectivity index (χ1v) is 7.76. The van der Waals surface area contributed by atoms with Gasteiger partial charge in [-0.1, -0.05) is 0 Å². The second kappa shape index (κ2) is 5.21. The Morgan fingerprint density at radius 3 is 2.30 bits per heavy atom. The maximum atomic E-state index is 12.6. The largest absolute Gasteiger partial charge is 0.416 e. The van der Waals surface area contributed by atoms with Gasteiger partial charge in [0, 0.05) is 32.4 Å². The number of sulfonamides is 1. The highest BCUT2D eigenvalue weighted by atomic mass is 32.2. The number of piperazine rings is 1. The van der Waals surface area contributed by atoms with Gasteiger partial charge in [-0.25, -0.2) is 13.4 Å². The Labute approximate surface area is 115 Å². The van der Waals surface area contributed by atoms with Crippen molar-refractivity contribution < 1.29 is 21.6 Å². The van der Waals surface area contributed by atoms with Gasteiger partial charge in [-0.05, 0) is 12.1 Å². The zero-order chi connectivity index (χ0) is 15.0. The van der Waals surface area contributed by atoms with Gasteiger partial charge < -0.3 is 4.90 Å². The Balaban J connectivity index is 2.12. The number of rotatable bonds is 2. The third kappa shape index (κ3) is 3.40. The van der Waals surface area contributed by atoms with E-state index in [4.69, 9.17) is 0 Å². The summed E-state index contributed by atoms with van der Waals surface area (Å²) in [7, 11) is -3.26.